The predicted octanol–water partition coefficient (Wildman–Crippen LogP) is 3.39. The first-order chi connectivity index (χ1) is 15.2. The van der Waals surface area contributed by atoms with E-state index in [0.29, 0.717) is 6.61 Å². The van der Waals surface area contributed by atoms with E-state index in [9.17, 15) is 0 Å². The van der Waals surface area contributed by atoms with Crippen molar-refractivity contribution in [2.45, 2.75) is 38.1 Å². The number of nitrogens with one attached hydrogen (secondary N) is 2. The summed E-state index contributed by atoms with van der Waals surface area (Å²) in [6, 6.07) is 6.37. The van der Waals surface area contributed by atoms with Crippen LogP contribution in [0.2, 0.25) is 0 Å². The summed E-state index contributed by atoms with van der Waals surface area (Å²) in [6.07, 6.45) is 10.8. The molecular formula is C23H27N7O. The van der Waals surface area contributed by atoms with Crippen molar-refractivity contribution in [3.8, 4) is 16.9 Å². The summed E-state index contributed by atoms with van der Waals surface area (Å²) in [5.41, 5.74) is 4.14. The number of aromatic amines is 1. The third-order valence-corrected chi connectivity index (χ3v) is 6.73. The van der Waals surface area contributed by atoms with Crippen molar-refractivity contribution >= 4 is 22.4 Å². The zero-order valence-corrected chi connectivity index (χ0v) is 17.8. The molecule has 4 aromatic rings. The number of pyridine rings is 2. The van der Waals surface area contributed by atoms with Gasteiger partial charge in [0.1, 0.15) is 11.6 Å². The fourth-order valence-electron chi connectivity index (χ4n) is 5.19. The van der Waals surface area contributed by atoms with Crippen LogP contribution in [0.4, 0.5) is 5.82 Å². The van der Waals surface area contributed by atoms with Crippen molar-refractivity contribution < 1.29 is 4.74 Å². The fourth-order valence-corrected chi connectivity index (χ4v) is 5.19. The minimum atomic E-state index is 0.279. The summed E-state index contributed by atoms with van der Waals surface area (Å²) in [5, 5.41) is 16.5. The smallest absolute Gasteiger partial charge is 0.178 e. The van der Waals surface area contributed by atoms with E-state index in [1.54, 1.807) is 0 Å². The van der Waals surface area contributed by atoms with Gasteiger partial charge in [-0.15, -0.1) is 5.10 Å². The lowest BCUT2D eigenvalue weighted by molar-refractivity contribution is 0.280. The Labute approximate surface area is 180 Å². The molecular weight excluding hydrogens is 390 g/mol. The van der Waals surface area contributed by atoms with Gasteiger partial charge in [-0.1, -0.05) is 6.42 Å². The van der Waals surface area contributed by atoms with Crippen LogP contribution in [0.15, 0.2) is 36.8 Å². The molecule has 0 bridgehead atoms. The maximum atomic E-state index is 5.80. The largest absolute Gasteiger partial charge is 0.492 e. The minimum absolute atomic E-state index is 0.279. The standard InChI is InChI=1S/C23H27N7O/c1-2-31-17-11-18(21-19-13-26-27-22(19)28-30(21)14-17)16-5-6-20(24-12-16)29-10-8-23(15-29)7-3-4-9-25-23/h5-6,11-14,25H,2-4,7-10,15H2,1H3,(H,27,28). The number of aromatic nitrogens is 5. The average Bonchev–Trinajstić information content (AvgIpc) is 3.49. The van der Waals surface area contributed by atoms with Crippen molar-refractivity contribution in [2.24, 2.45) is 0 Å². The van der Waals surface area contributed by atoms with Crippen LogP contribution in [-0.4, -0.2) is 56.6 Å². The second-order valence-corrected chi connectivity index (χ2v) is 8.69. The van der Waals surface area contributed by atoms with E-state index in [1.165, 1.54) is 25.7 Å². The number of piperidine rings is 1. The number of fused-ring (bicyclic) bond motifs is 3. The third-order valence-electron chi connectivity index (χ3n) is 6.73. The molecule has 2 aliphatic heterocycles. The summed E-state index contributed by atoms with van der Waals surface area (Å²) in [7, 11) is 0. The Balaban J connectivity index is 1.36. The van der Waals surface area contributed by atoms with Gasteiger partial charge in [0, 0.05) is 36.0 Å². The van der Waals surface area contributed by atoms with Crippen LogP contribution in [0.3, 0.4) is 0 Å². The summed E-state index contributed by atoms with van der Waals surface area (Å²) >= 11 is 0. The summed E-state index contributed by atoms with van der Waals surface area (Å²) in [4.78, 5) is 7.27. The van der Waals surface area contributed by atoms with Gasteiger partial charge >= 0.3 is 0 Å². The van der Waals surface area contributed by atoms with E-state index in [2.05, 4.69) is 43.7 Å². The molecule has 2 fully saturated rings. The molecule has 2 N–H and O–H groups in total. The Morgan fingerprint density at radius 2 is 2.16 bits per heavy atom. The Morgan fingerprint density at radius 1 is 1.19 bits per heavy atom. The molecule has 1 spiro atoms. The van der Waals surface area contributed by atoms with Gasteiger partial charge in [-0.3, -0.25) is 5.10 Å². The highest BCUT2D eigenvalue weighted by molar-refractivity contribution is 6.00. The SMILES string of the molecule is CCOc1cc(-c2ccc(N3CCC4(CCCCN4)C3)nc2)c2c3cn[nH]c3nn2c1. The Morgan fingerprint density at radius 3 is 2.97 bits per heavy atom. The molecule has 160 valence electrons. The van der Waals surface area contributed by atoms with Crippen molar-refractivity contribution in [1.29, 1.82) is 0 Å². The number of hydrogen-bond donors (Lipinski definition) is 2. The number of H-pyrrole nitrogens is 1. The fraction of sp³-hybridized carbons (Fsp3) is 0.435. The molecule has 4 aromatic heterocycles. The minimum Gasteiger partial charge on any atom is -0.492 e. The van der Waals surface area contributed by atoms with Crippen LogP contribution in [-0.2, 0) is 0 Å². The first-order valence-corrected chi connectivity index (χ1v) is 11.2. The molecule has 2 aliphatic rings. The Kier molecular flexibility index (Phi) is 4.34. The zero-order valence-electron chi connectivity index (χ0n) is 17.8. The van der Waals surface area contributed by atoms with E-state index in [0.717, 1.165) is 58.9 Å². The quantitative estimate of drug-likeness (QED) is 0.530. The van der Waals surface area contributed by atoms with Crippen LogP contribution in [0, 0.1) is 0 Å². The van der Waals surface area contributed by atoms with Crippen molar-refractivity contribution in [2.75, 3.05) is 31.1 Å². The van der Waals surface area contributed by atoms with Crippen LogP contribution >= 0.6 is 0 Å². The number of rotatable bonds is 4. The molecule has 0 aliphatic carbocycles. The van der Waals surface area contributed by atoms with E-state index >= 15 is 0 Å². The van der Waals surface area contributed by atoms with E-state index in [-0.39, 0.29) is 5.54 Å². The first kappa shape index (κ1) is 18.6. The lowest BCUT2D eigenvalue weighted by Gasteiger charge is -2.34. The molecule has 8 nitrogen and oxygen atoms in total. The van der Waals surface area contributed by atoms with Gasteiger partial charge in [0.2, 0.25) is 0 Å². The van der Waals surface area contributed by atoms with Gasteiger partial charge in [-0.25, -0.2) is 9.50 Å². The van der Waals surface area contributed by atoms with Crippen molar-refractivity contribution in [3.05, 3.63) is 36.8 Å². The highest BCUT2D eigenvalue weighted by Crippen LogP contribution is 2.35. The molecule has 1 unspecified atom stereocenters. The monoisotopic (exact) mass is 417 g/mol. The Hall–Kier alpha value is -3.13. The summed E-state index contributed by atoms with van der Waals surface area (Å²) in [6.45, 7) is 5.83. The topological polar surface area (TPSA) is 83.4 Å². The Bertz CT molecular complexity index is 1220. The van der Waals surface area contributed by atoms with Crippen LogP contribution in [0.5, 0.6) is 5.75 Å². The van der Waals surface area contributed by atoms with Gasteiger partial charge in [-0.2, -0.15) is 5.10 Å². The lowest BCUT2D eigenvalue weighted by Crippen LogP contribution is -2.50. The molecule has 31 heavy (non-hydrogen) atoms. The second-order valence-electron chi connectivity index (χ2n) is 8.69. The van der Waals surface area contributed by atoms with Gasteiger partial charge < -0.3 is 15.0 Å². The number of ether oxygens (including phenoxy) is 1. The molecule has 6 rings (SSSR count). The lowest BCUT2D eigenvalue weighted by atomic mass is 9.88. The zero-order chi connectivity index (χ0) is 20.8. The van der Waals surface area contributed by atoms with Crippen molar-refractivity contribution in [3.63, 3.8) is 0 Å². The maximum absolute atomic E-state index is 5.80. The van der Waals surface area contributed by atoms with Crippen LogP contribution in [0.1, 0.15) is 32.6 Å². The highest BCUT2D eigenvalue weighted by Gasteiger charge is 2.39. The first-order valence-electron chi connectivity index (χ1n) is 11.2. The number of hydrogen-bond acceptors (Lipinski definition) is 6. The molecule has 0 radical (unpaired) electrons. The van der Waals surface area contributed by atoms with E-state index < -0.39 is 0 Å². The van der Waals surface area contributed by atoms with Crippen LogP contribution in [0.25, 0.3) is 27.7 Å². The second kappa shape index (κ2) is 7.23. The predicted molar refractivity (Wildman–Crippen MR) is 121 cm³/mol. The normalized spacial score (nSPS) is 21.5. The third kappa shape index (κ3) is 3.13. The molecule has 0 amide bonds. The summed E-state index contributed by atoms with van der Waals surface area (Å²) in [5.74, 6) is 1.84. The molecule has 1 atom stereocenters. The molecule has 2 saturated heterocycles. The van der Waals surface area contributed by atoms with Gasteiger partial charge in [0.25, 0.3) is 0 Å². The van der Waals surface area contributed by atoms with Gasteiger partial charge in [-0.05, 0) is 50.9 Å². The molecule has 8 heteroatoms. The van der Waals surface area contributed by atoms with Gasteiger partial charge in [0.15, 0.2) is 5.65 Å². The highest BCUT2D eigenvalue weighted by atomic mass is 16.5. The molecule has 0 aromatic carbocycles. The van der Waals surface area contributed by atoms with E-state index in [1.807, 2.05) is 30.0 Å². The number of nitrogens with zero attached hydrogens (tertiary/aromatic N) is 5. The van der Waals surface area contributed by atoms with Crippen molar-refractivity contribution in [1.82, 2.24) is 30.1 Å². The molecule has 6 heterocycles. The van der Waals surface area contributed by atoms with Gasteiger partial charge in [0.05, 0.1) is 29.9 Å². The maximum Gasteiger partial charge on any atom is 0.178 e. The summed E-state index contributed by atoms with van der Waals surface area (Å²) < 4.78 is 7.67. The van der Waals surface area contributed by atoms with E-state index in [4.69, 9.17) is 9.72 Å². The molecule has 0 saturated carbocycles. The average molecular weight is 418 g/mol. The number of anilines is 1. The van der Waals surface area contributed by atoms with Crippen LogP contribution < -0.4 is 15.0 Å².